The van der Waals surface area contributed by atoms with Crippen LogP contribution in [-0.4, -0.2) is 55.8 Å². The van der Waals surface area contributed by atoms with Crippen molar-refractivity contribution in [3.63, 3.8) is 0 Å². The summed E-state index contributed by atoms with van der Waals surface area (Å²) in [6.45, 7) is 1.47. The minimum absolute atomic E-state index is 0.0508. The van der Waals surface area contributed by atoms with Crippen LogP contribution < -0.4 is 0 Å². The molecule has 0 bridgehead atoms. The number of rotatable bonds is 4. The summed E-state index contributed by atoms with van der Waals surface area (Å²) >= 11 is 0.217. The van der Waals surface area contributed by atoms with Gasteiger partial charge in [0, 0.05) is 0 Å². The van der Waals surface area contributed by atoms with Crippen LogP contribution in [0, 0.1) is 5.41 Å². The van der Waals surface area contributed by atoms with Gasteiger partial charge in [-0.25, -0.2) is 0 Å². The van der Waals surface area contributed by atoms with E-state index in [1.165, 1.54) is 19.1 Å². The van der Waals surface area contributed by atoms with Gasteiger partial charge in [0.15, 0.2) is 0 Å². The van der Waals surface area contributed by atoms with Crippen molar-refractivity contribution in [1.29, 1.82) is 5.41 Å². The van der Waals surface area contributed by atoms with Gasteiger partial charge in [0.2, 0.25) is 0 Å². The molecule has 0 radical (unpaired) electrons. The molecular formula is C15H12NNaO4. The summed E-state index contributed by atoms with van der Waals surface area (Å²) in [5, 5.41) is 27.7. The topological polar surface area (TPSA) is 98.5 Å². The Balaban J connectivity index is 2.90. The number of nitrogens with one attached hydrogen (secondary N) is 1. The van der Waals surface area contributed by atoms with Crippen LogP contribution in [0.15, 0.2) is 36.4 Å². The van der Waals surface area contributed by atoms with Crippen LogP contribution in [0.5, 0.6) is 0 Å². The molecule has 6 heteroatoms. The Morgan fingerprint density at radius 1 is 1.10 bits per heavy atom. The zero-order chi connectivity index (χ0) is 15.8. The number of hydrogen-bond acceptors (Lipinski definition) is 3. The molecule has 0 aliphatic carbocycles. The molecule has 1 unspecified atom stereocenters. The normalized spacial score (nSPS) is 13.7. The number of aliphatic carboxylic acids is 1. The first-order valence-electron chi connectivity index (χ1n) is 6.34. The van der Waals surface area contributed by atoms with E-state index in [2.05, 4.69) is 0 Å². The fourth-order valence-corrected chi connectivity index (χ4v) is 2.84. The van der Waals surface area contributed by atoms with Gasteiger partial charge in [-0.05, 0) is 0 Å². The number of carboxylic acid groups (broad SMARTS) is 2. The molecule has 0 aromatic heterocycles. The maximum absolute atomic E-state index is 11.7. The first-order valence-corrected chi connectivity index (χ1v) is 7.34. The Kier molecular flexibility index (Phi) is 4.18. The molecule has 0 saturated carbocycles. The molecule has 0 aliphatic rings. The fourth-order valence-electron chi connectivity index (χ4n) is 2.40. The van der Waals surface area contributed by atoms with Crippen LogP contribution in [0.3, 0.4) is 0 Å². The Morgan fingerprint density at radius 2 is 1.67 bits per heavy atom. The Morgan fingerprint density at radius 3 is 2.14 bits per heavy atom. The van der Waals surface area contributed by atoms with Crippen LogP contribution in [-0.2, 0) is 7.46 Å². The molecule has 0 spiro atoms. The van der Waals surface area contributed by atoms with Crippen molar-refractivity contribution in [2.45, 2.75) is 9.59 Å². The van der Waals surface area contributed by atoms with Crippen molar-refractivity contribution in [2.24, 2.45) is 0 Å². The monoisotopic (exact) mass is 293 g/mol. The van der Waals surface area contributed by atoms with Gasteiger partial charge in [-0.1, -0.05) is 0 Å². The standard InChI is InChI=1S/C15H12NO4.Na/c1-8(16)13(15(19)20)11-6-7-12(14(17)18)10-5-3-2-4-9(10)11;/h2-7,16H,1H3,(H,17,18)(H,19,20);. The molecule has 0 heterocycles. The molecule has 21 heavy (non-hydrogen) atoms. The molecule has 0 saturated heterocycles. The van der Waals surface area contributed by atoms with E-state index in [4.69, 9.17) is 5.41 Å². The first-order chi connectivity index (χ1) is 9.80. The molecule has 5 nitrogen and oxygen atoms in total. The molecule has 2 aromatic carbocycles. The van der Waals surface area contributed by atoms with Gasteiger partial charge in [0.25, 0.3) is 0 Å². The zero-order valence-corrected chi connectivity index (χ0v) is 13.7. The van der Waals surface area contributed by atoms with Gasteiger partial charge in [0.05, 0.1) is 0 Å². The third-order valence-corrected chi connectivity index (χ3v) is 5.59. The zero-order valence-electron chi connectivity index (χ0n) is 11.7. The van der Waals surface area contributed by atoms with Gasteiger partial charge < -0.3 is 0 Å². The van der Waals surface area contributed by atoms with Crippen molar-refractivity contribution in [3.05, 3.63) is 47.5 Å². The third kappa shape index (κ3) is 2.48. The molecule has 0 amide bonds. The third-order valence-electron chi connectivity index (χ3n) is 3.87. The van der Waals surface area contributed by atoms with Crippen LogP contribution in [0.25, 0.3) is 10.8 Å². The quantitative estimate of drug-likeness (QED) is 0.593. The van der Waals surface area contributed by atoms with E-state index in [-0.39, 0.29) is 39.2 Å². The fraction of sp³-hybridized carbons (Fsp3) is 0.133. The molecule has 1 atom stereocenters. The summed E-state index contributed by atoms with van der Waals surface area (Å²) in [5.41, 5.74) is 0.663. The van der Waals surface area contributed by atoms with E-state index >= 15 is 0 Å². The SMILES string of the molecule is CC(=N)[C]([Na])(C(=O)O)c1ccc(C(=O)O)c2ccccc12. The second kappa shape index (κ2) is 5.60. The predicted octanol–water partition coefficient (Wildman–Crippen LogP) is 2.03. The van der Waals surface area contributed by atoms with Gasteiger partial charge in [-0.2, -0.15) is 0 Å². The van der Waals surface area contributed by atoms with Crippen molar-refractivity contribution in [1.82, 2.24) is 0 Å². The summed E-state index contributed by atoms with van der Waals surface area (Å²) in [7, 11) is 0. The number of carboxylic acids is 2. The maximum atomic E-state index is 11.7. The van der Waals surface area contributed by atoms with Gasteiger partial charge in [-0.15, -0.1) is 0 Å². The molecule has 3 N–H and O–H groups in total. The molecule has 0 aliphatic heterocycles. The molecular weight excluding hydrogens is 281 g/mol. The average Bonchev–Trinajstić information content (AvgIpc) is 2.44. The number of aromatic carboxylic acids is 1. The van der Waals surface area contributed by atoms with Crippen molar-refractivity contribution < 1.29 is 19.8 Å². The van der Waals surface area contributed by atoms with Gasteiger partial charge in [0.1, 0.15) is 0 Å². The van der Waals surface area contributed by atoms with E-state index in [0.717, 1.165) is 0 Å². The molecule has 0 fully saturated rings. The first kappa shape index (κ1) is 15.7. The van der Waals surface area contributed by atoms with E-state index in [9.17, 15) is 19.8 Å². The number of fused-ring (bicyclic) bond motifs is 1. The van der Waals surface area contributed by atoms with E-state index in [1.807, 2.05) is 0 Å². The molecule has 2 rings (SSSR count). The van der Waals surface area contributed by atoms with E-state index in [1.54, 1.807) is 24.3 Å². The Bertz CT molecular complexity index is 755. The second-order valence-electron chi connectivity index (χ2n) is 5.07. The Hall–Kier alpha value is -1.69. The van der Waals surface area contributed by atoms with E-state index < -0.39 is 14.6 Å². The van der Waals surface area contributed by atoms with Crippen molar-refractivity contribution >= 4 is 56.4 Å². The van der Waals surface area contributed by atoms with Crippen LogP contribution >= 0.6 is 0 Å². The minimum atomic E-state index is -1.35. The van der Waals surface area contributed by atoms with Crippen molar-refractivity contribution in [3.8, 4) is 0 Å². The van der Waals surface area contributed by atoms with Crippen LogP contribution in [0.1, 0.15) is 22.8 Å². The average molecular weight is 293 g/mol. The van der Waals surface area contributed by atoms with E-state index in [0.29, 0.717) is 16.3 Å². The predicted molar refractivity (Wildman–Crippen MR) is 79.4 cm³/mol. The number of carbonyl (C=O) groups is 2. The second-order valence-corrected chi connectivity index (χ2v) is 6.57. The van der Waals surface area contributed by atoms with Gasteiger partial charge in [-0.3, -0.25) is 0 Å². The van der Waals surface area contributed by atoms with Crippen LogP contribution in [0.4, 0.5) is 0 Å². The molecule has 2 aromatic rings. The summed E-state index contributed by atoms with van der Waals surface area (Å²) in [6, 6.07) is 9.75. The van der Waals surface area contributed by atoms with Crippen LogP contribution in [0.2, 0.25) is 0 Å². The van der Waals surface area contributed by atoms with Gasteiger partial charge >= 0.3 is 139 Å². The van der Waals surface area contributed by atoms with Crippen molar-refractivity contribution in [2.75, 3.05) is 0 Å². The summed E-state index contributed by atoms with van der Waals surface area (Å²) in [4.78, 5) is 23.0. The summed E-state index contributed by atoms with van der Waals surface area (Å²) in [6.07, 6.45) is 0. The number of hydrogen-bond donors (Lipinski definition) is 3. The Labute approximate surface area is 138 Å². The summed E-state index contributed by atoms with van der Waals surface area (Å²) in [5.74, 6) is -2.13. The summed E-state index contributed by atoms with van der Waals surface area (Å²) < 4.78 is -1.35. The molecule has 102 valence electrons. The number of benzene rings is 2.